The van der Waals surface area contributed by atoms with Crippen LogP contribution in [0.5, 0.6) is 11.6 Å². The molecule has 7 heteroatoms. The zero-order valence-corrected chi connectivity index (χ0v) is 17.3. The zero-order chi connectivity index (χ0) is 20.4. The molecule has 0 unspecified atom stereocenters. The lowest BCUT2D eigenvalue weighted by atomic mass is 10.1. The fourth-order valence-corrected chi connectivity index (χ4v) is 3.24. The van der Waals surface area contributed by atoms with Gasteiger partial charge in [-0.1, -0.05) is 25.4 Å². The van der Waals surface area contributed by atoms with Gasteiger partial charge in [-0.2, -0.15) is 0 Å². The van der Waals surface area contributed by atoms with E-state index < -0.39 is 0 Å². The summed E-state index contributed by atoms with van der Waals surface area (Å²) in [6.07, 6.45) is 2.24. The second kappa shape index (κ2) is 8.17. The molecule has 0 aliphatic carbocycles. The summed E-state index contributed by atoms with van der Waals surface area (Å²) < 4.78 is 17.3. The zero-order valence-electron chi connectivity index (χ0n) is 16.5. The van der Waals surface area contributed by atoms with E-state index >= 15 is 0 Å². The van der Waals surface area contributed by atoms with Crippen molar-refractivity contribution >= 4 is 22.6 Å². The molecule has 0 radical (unpaired) electrons. The second-order valence-corrected chi connectivity index (χ2v) is 7.64. The number of H-pyrrole nitrogens is 1. The average molecular weight is 412 g/mol. The van der Waals surface area contributed by atoms with Crippen molar-refractivity contribution in [3.8, 4) is 23.2 Å². The summed E-state index contributed by atoms with van der Waals surface area (Å²) in [4.78, 5) is 12.0. The largest absolute Gasteiger partial charge is 0.493 e. The van der Waals surface area contributed by atoms with E-state index in [1.807, 2.05) is 36.4 Å². The van der Waals surface area contributed by atoms with Gasteiger partial charge >= 0.3 is 0 Å². The number of furan rings is 1. The lowest BCUT2D eigenvalue weighted by Gasteiger charge is -2.13. The highest BCUT2D eigenvalue weighted by Gasteiger charge is 2.15. The Morgan fingerprint density at radius 1 is 1.17 bits per heavy atom. The first kappa shape index (κ1) is 19.3. The van der Waals surface area contributed by atoms with E-state index in [1.165, 1.54) is 0 Å². The van der Waals surface area contributed by atoms with Crippen LogP contribution in [-0.4, -0.2) is 28.7 Å². The average Bonchev–Trinajstić information content (AvgIpc) is 3.33. The molecule has 4 aromatic rings. The number of aromatic amines is 1. The van der Waals surface area contributed by atoms with Crippen LogP contribution >= 0.6 is 11.6 Å². The van der Waals surface area contributed by atoms with Crippen molar-refractivity contribution in [2.24, 2.45) is 5.92 Å². The van der Waals surface area contributed by atoms with Crippen molar-refractivity contribution in [1.29, 1.82) is 0 Å². The predicted molar refractivity (Wildman–Crippen MR) is 113 cm³/mol. The smallest absolute Gasteiger partial charge is 0.241 e. The molecule has 6 nitrogen and oxygen atoms in total. The number of halogens is 1. The molecule has 29 heavy (non-hydrogen) atoms. The maximum atomic E-state index is 6.20. The Labute approximate surface area is 173 Å². The highest BCUT2D eigenvalue weighted by Crippen LogP contribution is 2.30. The van der Waals surface area contributed by atoms with Crippen molar-refractivity contribution in [2.45, 2.75) is 20.3 Å². The number of methoxy groups -OCH3 is 1. The molecule has 0 saturated carbocycles. The van der Waals surface area contributed by atoms with Gasteiger partial charge in [-0.3, -0.25) is 0 Å². The topological polar surface area (TPSA) is 73.2 Å². The van der Waals surface area contributed by atoms with Crippen molar-refractivity contribution in [2.75, 3.05) is 13.7 Å². The SMILES string of the molecule is COc1nccc2[nH]c(-c3ccc(Cc4cc(Cl)ccc4OCC(C)C)o3)nc12. The van der Waals surface area contributed by atoms with Gasteiger partial charge in [-0.15, -0.1) is 0 Å². The molecule has 0 saturated heterocycles. The number of hydrogen-bond acceptors (Lipinski definition) is 5. The third kappa shape index (κ3) is 4.22. The van der Waals surface area contributed by atoms with Gasteiger partial charge in [-0.25, -0.2) is 9.97 Å². The number of nitrogens with one attached hydrogen (secondary N) is 1. The number of hydrogen-bond donors (Lipinski definition) is 1. The van der Waals surface area contributed by atoms with Crippen LogP contribution in [0.1, 0.15) is 25.2 Å². The van der Waals surface area contributed by atoms with Gasteiger partial charge in [0, 0.05) is 23.2 Å². The molecule has 0 atom stereocenters. The van der Waals surface area contributed by atoms with Crippen LogP contribution in [0.25, 0.3) is 22.6 Å². The predicted octanol–water partition coefficient (Wildman–Crippen LogP) is 5.51. The quantitative estimate of drug-likeness (QED) is 0.434. The normalized spacial score (nSPS) is 11.3. The molecule has 0 aliphatic heterocycles. The Kier molecular flexibility index (Phi) is 5.45. The molecule has 0 spiro atoms. The van der Waals surface area contributed by atoms with Crippen LogP contribution < -0.4 is 9.47 Å². The Hall–Kier alpha value is -2.99. The third-order valence-electron chi connectivity index (χ3n) is 4.42. The standard InChI is InChI=1S/C22H22ClN3O3/c1-13(2)12-28-18-6-4-15(23)10-14(18)11-16-5-7-19(29-16)21-25-17-8-9-24-22(27-3)20(17)26-21/h4-10,13H,11-12H2,1-3H3,(H,25,26). The Bertz CT molecular complexity index is 1130. The van der Waals surface area contributed by atoms with E-state index in [-0.39, 0.29) is 0 Å². The van der Waals surface area contributed by atoms with E-state index in [2.05, 4.69) is 28.8 Å². The van der Waals surface area contributed by atoms with Gasteiger partial charge in [0.25, 0.3) is 0 Å². The lowest BCUT2D eigenvalue weighted by molar-refractivity contribution is 0.268. The summed E-state index contributed by atoms with van der Waals surface area (Å²) in [7, 11) is 1.57. The number of ether oxygens (including phenoxy) is 2. The van der Waals surface area contributed by atoms with E-state index in [0.717, 1.165) is 22.6 Å². The fourth-order valence-electron chi connectivity index (χ4n) is 3.05. The number of rotatable bonds is 7. The first-order valence-corrected chi connectivity index (χ1v) is 9.80. The van der Waals surface area contributed by atoms with Crippen molar-refractivity contribution in [1.82, 2.24) is 15.0 Å². The van der Waals surface area contributed by atoms with E-state index in [9.17, 15) is 0 Å². The number of aromatic nitrogens is 3. The minimum absolute atomic E-state index is 0.438. The molecule has 1 N–H and O–H groups in total. The summed E-state index contributed by atoms with van der Waals surface area (Å²) in [5.41, 5.74) is 2.49. The summed E-state index contributed by atoms with van der Waals surface area (Å²) >= 11 is 6.20. The highest BCUT2D eigenvalue weighted by molar-refractivity contribution is 6.30. The van der Waals surface area contributed by atoms with Crippen molar-refractivity contribution in [3.05, 3.63) is 58.9 Å². The van der Waals surface area contributed by atoms with Crippen LogP contribution in [0.4, 0.5) is 0 Å². The molecular weight excluding hydrogens is 390 g/mol. The van der Waals surface area contributed by atoms with Crippen LogP contribution in [0.3, 0.4) is 0 Å². The summed E-state index contributed by atoms with van der Waals surface area (Å²) in [5.74, 6) is 3.80. The molecule has 4 rings (SSSR count). The monoisotopic (exact) mass is 411 g/mol. The highest BCUT2D eigenvalue weighted by atomic mass is 35.5. The van der Waals surface area contributed by atoms with Gasteiger partial charge < -0.3 is 18.9 Å². The maximum absolute atomic E-state index is 6.20. The van der Waals surface area contributed by atoms with Gasteiger partial charge in [0.15, 0.2) is 17.1 Å². The molecule has 150 valence electrons. The maximum Gasteiger partial charge on any atom is 0.241 e. The van der Waals surface area contributed by atoms with E-state index in [4.69, 9.17) is 25.5 Å². The minimum atomic E-state index is 0.438. The van der Waals surface area contributed by atoms with Gasteiger partial charge in [0.1, 0.15) is 11.5 Å². The first-order valence-electron chi connectivity index (χ1n) is 9.42. The van der Waals surface area contributed by atoms with Gasteiger partial charge in [0.2, 0.25) is 5.88 Å². The number of benzene rings is 1. The van der Waals surface area contributed by atoms with Crippen LogP contribution in [0.15, 0.2) is 47.0 Å². The van der Waals surface area contributed by atoms with E-state index in [1.54, 1.807) is 13.3 Å². The molecule has 3 heterocycles. The summed E-state index contributed by atoms with van der Waals surface area (Å²) in [6.45, 7) is 4.88. The molecule has 0 bridgehead atoms. The molecule has 0 amide bonds. The molecular formula is C22H22ClN3O3. The number of nitrogens with zero attached hydrogens (tertiary/aromatic N) is 2. The third-order valence-corrected chi connectivity index (χ3v) is 4.65. The Morgan fingerprint density at radius 2 is 2.03 bits per heavy atom. The van der Waals surface area contributed by atoms with E-state index in [0.29, 0.717) is 46.9 Å². The summed E-state index contributed by atoms with van der Waals surface area (Å²) in [5, 5.41) is 0.667. The molecule has 3 aromatic heterocycles. The molecule has 0 aliphatic rings. The number of fused-ring (bicyclic) bond motifs is 1. The lowest BCUT2D eigenvalue weighted by Crippen LogP contribution is -2.06. The first-order chi connectivity index (χ1) is 14.0. The van der Waals surface area contributed by atoms with Crippen LogP contribution in [0, 0.1) is 5.92 Å². The molecule has 0 fully saturated rings. The van der Waals surface area contributed by atoms with Crippen molar-refractivity contribution in [3.63, 3.8) is 0 Å². The van der Waals surface area contributed by atoms with Gasteiger partial charge in [-0.05, 0) is 42.3 Å². The summed E-state index contributed by atoms with van der Waals surface area (Å²) in [6, 6.07) is 11.3. The second-order valence-electron chi connectivity index (χ2n) is 7.20. The Morgan fingerprint density at radius 3 is 2.83 bits per heavy atom. The van der Waals surface area contributed by atoms with Gasteiger partial charge in [0.05, 0.1) is 19.2 Å². The minimum Gasteiger partial charge on any atom is -0.493 e. The number of imidazole rings is 1. The van der Waals surface area contributed by atoms with Crippen LogP contribution in [0.2, 0.25) is 5.02 Å². The van der Waals surface area contributed by atoms with Crippen LogP contribution in [-0.2, 0) is 6.42 Å². The Balaban J connectivity index is 1.60. The number of pyridine rings is 1. The molecule has 1 aromatic carbocycles. The fraction of sp³-hybridized carbons (Fsp3) is 0.273. The van der Waals surface area contributed by atoms with Crippen molar-refractivity contribution < 1.29 is 13.9 Å².